The Balaban J connectivity index is 2.13. The standard InChI is InChI=1S/C15H13F3N2O4/c16-15(17,18)13(12(22)14(23)24)20-11(21)7-8-3-4-10-9(6-8)2-1-5-19-10/h1-6,12-13,22H,7H2,(H,20,21)(H,23,24)/t12-,13+/m0/s1. The molecule has 0 fully saturated rings. The number of hydrogen-bond donors (Lipinski definition) is 3. The maximum absolute atomic E-state index is 12.8. The van der Waals surface area contributed by atoms with Crippen LogP contribution in [0.3, 0.4) is 0 Å². The highest BCUT2D eigenvalue weighted by molar-refractivity contribution is 5.84. The third-order valence-electron chi connectivity index (χ3n) is 3.27. The smallest absolute Gasteiger partial charge is 0.411 e. The molecule has 0 radical (unpaired) electrons. The summed E-state index contributed by atoms with van der Waals surface area (Å²) in [6.45, 7) is 0. The number of carboxylic acid groups (broad SMARTS) is 1. The van der Waals surface area contributed by atoms with Gasteiger partial charge in [0.25, 0.3) is 0 Å². The van der Waals surface area contributed by atoms with Crippen LogP contribution in [0.2, 0.25) is 0 Å². The monoisotopic (exact) mass is 342 g/mol. The summed E-state index contributed by atoms with van der Waals surface area (Å²) in [4.78, 5) is 26.4. The third kappa shape index (κ3) is 4.19. The Hall–Kier alpha value is -2.68. The van der Waals surface area contributed by atoms with Crippen LogP contribution in [-0.4, -0.2) is 45.4 Å². The van der Waals surface area contributed by atoms with E-state index in [4.69, 9.17) is 10.2 Å². The molecule has 2 rings (SSSR count). The van der Waals surface area contributed by atoms with Crippen LogP contribution in [0.4, 0.5) is 13.2 Å². The number of alkyl halides is 3. The van der Waals surface area contributed by atoms with E-state index in [0.717, 1.165) is 0 Å². The summed E-state index contributed by atoms with van der Waals surface area (Å²) >= 11 is 0. The van der Waals surface area contributed by atoms with E-state index in [9.17, 15) is 22.8 Å². The number of nitrogens with zero attached hydrogens (tertiary/aromatic N) is 1. The number of hydrogen-bond acceptors (Lipinski definition) is 4. The first-order valence-electron chi connectivity index (χ1n) is 6.79. The molecule has 1 amide bonds. The second kappa shape index (κ2) is 6.83. The molecule has 0 saturated heterocycles. The van der Waals surface area contributed by atoms with Crippen LogP contribution >= 0.6 is 0 Å². The number of halogens is 3. The predicted molar refractivity (Wildman–Crippen MR) is 77.1 cm³/mol. The molecule has 1 aromatic heterocycles. The van der Waals surface area contributed by atoms with Crippen molar-refractivity contribution in [2.45, 2.75) is 24.7 Å². The van der Waals surface area contributed by atoms with Crippen molar-refractivity contribution < 1.29 is 33.0 Å². The Labute approximate surface area is 133 Å². The average molecular weight is 342 g/mol. The zero-order valence-electron chi connectivity index (χ0n) is 12.1. The molecular formula is C15H13F3N2O4. The molecule has 24 heavy (non-hydrogen) atoms. The van der Waals surface area contributed by atoms with Crippen molar-refractivity contribution in [3.8, 4) is 0 Å². The fourth-order valence-electron chi connectivity index (χ4n) is 2.13. The second-order valence-electron chi connectivity index (χ2n) is 5.08. The second-order valence-corrected chi connectivity index (χ2v) is 5.08. The molecule has 0 aliphatic carbocycles. The molecule has 0 unspecified atom stereocenters. The van der Waals surface area contributed by atoms with Crippen molar-refractivity contribution in [1.82, 2.24) is 10.3 Å². The maximum Gasteiger partial charge on any atom is 0.411 e. The van der Waals surface area contributed by atoms with Gasteiger partial charge in [0.05, 0.1) is 11.9 Å². The van der Waals surface area contributed by atoms with E-state index in [1.54, 1.807) is 30.5 Å². The number of benzene rings is 1. The number of fused-ring (bicyclic) bond motifs is 1. The molecule has 6 nitrogen and oxygen atoms in total. The first kappa shape index (κ1) is 17.7. The molecule has 128 valence electrons. The van der Waals surface area contributed by atoms with Crippen molar-refractivity contribution in [3.63, 3.8) is 0 Å². The van der Waals surface area contributed by atoms with Crippen LogP contribution in [0.1, 0.15) is 5.56 Å². The Bertz CT molecular complexity index is 764. The van der Waals surface area contributed by atoms with Gasteiger partial charge in [0.15, 0.2) is 12.1 Å². The normalized spacial score (nSPS) is 14.2. The minimum Gasteiger partial charge on any atom is -0.479 e. The summed E-state index contributed by atoms with van der Waals surface area (Å²) in [6, 6.07) is 5.27. The number of rotatable bonds is 5. The van der Waals surface area contributed by atoms with Gasteiger partial charge in [-0.3, -0.25) is 9.78 Å². The van der Waals surface area contributed by atoms with Crippen molar-refractivity contribution in [3.05, 3.63) is 42.1 Å². The fraction of sp³-hybridized carbons (Fsp3) is 0.267. The summed E-state index contributed by atoms with van der Waals surface area (Å²) in [5.41, 5.74) is 1.09. The van der Waals surface area contributed by atoms with Gasteiger partial charge in [-0.2, -0.15) is 13.2 Å². The first-order valence-corrected chi connectivity index (χ1v) is 6.79. The molecular weight excluding hydrogens is 329 g/mol. The lowest BCUT2D eigenvalue weighted by atomic mass is 10.1. The fourth-order valence-corrected chi connectivity index (χ4v) is 2.13. The van der Waals surface area contributed by atoms with Crippen molar-refractivity contribution >= 4 is 22.8 Å². The van der Waals surface area contributed by atoms with E-state index >= 15 is 0 Å². The highest BCUT2D eigenvalue weighted by Crippen LogP contribution is 2.23. The SMILES string of the molecule is O=C(Cc1ccc2ncccc2c1)N[C@H]([C@H](O)C(=O)O)C(F)(F)F. The summed E-state index contributed by atoms with van der Waals surface area (Å²) in [7, 11) is 0. The number of carbonyl (C=O) groups excluding carboxylic acids is 1. The Kier molecular flexibility index (Phi) is 5.03. The van der Waals surface area contributed by atoms with Gasteiger partial charge in [-0.1, -0.05) is 12.1 Å². The van der Waals surface area contributed by atoms with E-state index in [1.807, 2.05) is 0 Å². The molecule has 2 atom stereocenters. The van der Waals surface area contributed by atoms with Crippen molar-refractivity contribution in [2.24, 2.45) is 0 Å². The molecule has 2 aromatic rings. The van der Waals surface area contributed by atoms with Crippen LogP contribution in [0.25, 0.3) is 10.9 Å². The highest BCUT2D eigenvalue weighted by Gasteiger charge is 2.48. The molecule has 0 spiro atoms. The minimum atomic E-state index is -5.10. The van der Waals surface area contributed by atoms with Gasteiger partial charge in [-0.15, -0.1) is 0 Å². The van der Waals surface area contributed by atoms with E-state index in [2.05, 4.69) is 4.98 Å². The Morgan fingerprint density at radius 3 is 2.58 bits per heavy atom. The summed E-state index contributed by atoms with van der Waals surface area (Å²) < 4.78 is 38.4. The Morgan fingerprint density at radius 2 is 1.96 bits per heavy atom. The number of pyridine rings is 1. The van der Waals surface area contributed by atoms with Gasteiger partial charge in [0, 0.05) is 11.6 Å². The molecule has 0 aliphatic heterocycles. The number of carbonyl (C=O) groups is 2. The minimum absolute atomic E-state index is 0.399. The van der Waals surface area contributed by atoms with Gasteiger partial charge in [-0.25, -0.2) is 4.79 Å². The molecule has 0 aliphatic rings. The number of carboxylic acids is 1. The lowest BCUT2D eigenvalue weighted by Crippen LogP contribution is -2.55. The van der Waals surface area contributed by atoms with E-state index < -0.39 is 36.6 Å². The van der Waals surface area contributed by atoms with Crippen molar-refractivity contribution in [1.29, 1.82) is 0 Å². The Morgan fingerprint density at radius 1 is 1.25 bits per heavy atom. The van der Waals surface area contributed by atoms with Gasteiger partial charge < -0.3 is 15.5 Å². The van der Waals surface area contributed by atoms with Crippen LogP contribution in [0.15, 0.2) is 36.5 Å². The van der Waals surface area contributed by atoms with E-state index in [0.29, 0.717) is 16.5 Å². The molecule has 1 heterocycles. The largest absolute Gasteiger partial charge is 0.479 e. The predicted octanol–water partition coefficient (Wildman–Crippen LogP) is 1.27. The number of aliphatic hydroxyl groups is 1. The zero-order valence-corrected chi connectivity index (χ0v) is 12.1. The van der Waals surface area contributed by atoms with E-state index in [-0.39, 0.29) is 0 Å². The number of aliphatic carboxylic acids is 1. The van der Waals surface area contributed by atoms with Gasteiger partial charge in [-0.05, 0) is 23.8 Å². The maximum atomic E-state index is 12.8. The van der Waals surface area contributed by atoms with Gasteiger partial charge in [0.1, 0.15) is 0 Å². The quantitative estimate of drug-likeness (QED) is 0.760. The lowest BCUT2D eigenvalue weighted by molar-refractivity contribution is -0.190. The molecule has 1 aromatic carbocycles. The first-order chi connectivity index (χ1) is 11.2. The molecule has 9 heteroatoms. The average Bonchev–Trinajstić information content (AvgIpc) is 2.50. The van der Waals surface area contributed by atoms with Gasteiger partial charge >= 0.3 is 12.1 Å². The van der Waals surface area contributed by atoms with E-state index in [1.165, 1.54) is 11.4 Å². The van der Waals surface area contributed by atoms with Crippen LogP contribution in [0.5, 0.6) is 0 Å². The number of nitrogens with one attached hydrogen (secondary N) is 1. The third-order valence-corrected chi connectivity index (χ3v) is 3.27. The number of aromatic nitrogens is 1. The molecule has 0 bridgehead atoms. The topological polar surface area (TPSA) is 99.5 Å². The molecule has 3 N–H and O–H groups in total. The van der Waals surface area contributed by atoms with Crippen LogP contribution < -0.4 is 5.32 Å². The number of amides is 1. The number of aliphatic hydroxyl groups excluding tert-OH is 1. The highest BCUT2D eigenvalue weighted by atomic mass is 19.4. The summed E-state index contributed by atoms with van der Waals surface area (Å²) in [6.07, 6.45) is -6.70. The lowest BCUT2D eigenvalue weighted by Gasteiger charge is -2.23. The van der Waals surface area contributed by atoms with Crippen LogP contribution in [-0.2, 0) is 16.0 Å². The van der Waals surface area contributed by atoms with Crippen LogP contribution in [0, 0.1) is 0 Å². The summed E-state index contributed by atoms with van der Waals surface area (Å²) in [5, 5.41) is 19.9. The molecule has 0 saturated carbocycles. The van der Waals surface area contributed by atoms with Gasteiger partial charge in [0.2, 0.25) is 5.91 Å². The summed E-state index contributed by atoms with van der Waals surface area (Å²) in [5.74, 6) is -3.13. The van der Waals surface area contributed by atoms with Crippen molar-refractivity contribution in [2.75, 3.05) is 0 Å². The zero-order chi connectivity index (χ0) is 17.9.